The van der Waals surface area contributed by atoms with E-state index in [2.05, 4.69) is 32.0 Å². The molecule has 1 aromatic heterocycles. The summed E-state index contributed by atoms with van der Waals surface area (Å²) < 4.78 is 5.58. The molecule has 148 valence electrons. The van der Waals surface area contributed by atoms with Crippen molar-refractivity contribution in [1.29, 1.82) is 0 Å². The number of hydrogen-bond acceptors (Lipinski definition) is 4. The molecule has 4 nitrogen and oxygen atoms in total. The summed E-state index contributed by atoms with van der Waals surface area (Å²) >= 11 is 0. The van der Waals surface area contributed by atoms with Crippen LogP contribution >= 0.6 is 0 Å². The van der Waals surface area contributed by atoms with Gasteiger partial charge in [-0.3, -0.25) is 5.01 Å². The van der Waals surface area contributed by atoms with Crippen LogP contribution in [0.3, 0.4) is 0 Å². The number of hydrogen-bond donors (Lipinski definition) is 0. The van der Waals surface area contributed by atoms with Crippen LogP contribution in [0.5, 0.6) is 0 Å². The van der Waals surface area contributed by atoms with Gasteiger partial charge in [0.1, 0.15) is 5.58 Å². The molecule has 0 N–H and O–H groups in total. The molecule has 4 aromatic rings. The van der Waals surface area contributed by atoms with Crippen LogP contribution in [0, 0.1) is 13.8 Å². The number of benzene rings is 3. The fourth-order valence-corrected chi connectivity index (χ4v) is 4.12. The van der Waals surface area contributed by atoms with Gasteiger partial charge in [0.2, 0.25) is 0 Å². The Morgan fingerprint density at radius 2 is 1.70 bits per heavy atom. The number of fused-ring (bicyclic) bond motifs is 1. The van der Waals surface area contributed by atoms with E-state index in [9.17, 15) is 4.79 Å². The Balaban J connectivity index is 1.65. The Morgan fingerprint density at radius 3 is 2.53 bits per heavy atom. The second-order valence-electron chi connectivity index (χ2n) is 7.79. The van der Waals surface area contributed by atoms with E-state index in [1.165, 1.54) is 16.7 Å². The van der Waals surface area contributed by atoms with E-state index >= 15 is 0 Å². The van der Waals surface area contributed by atoms with E-state index in [1.54, 1.807) is 0 Å². The summed E-state index contributed by atoms with van der Waals surface area (Å²) in [5.41, 5.74) is 6.19. The fraction of sp³-hybridized carbons (Fsp3) is 0.154. The number of hydrazone groups is 1. The molecular weight excluding hydrogens is 372 g/mol. The van der Waals surface area contributed by atoms with Crippen LogP contribution in [-0.2, 0) is 0 Å². The first kappa shape index (κ1) is 18.4. The van der Waals surface area contributed by atoms with Gasteiger partial charge < -0.3 is 4.42 Å². The fourth-order valence-electron chi connectivity index (χ4n) is 4.12. The molecule has 0 aliphatic carbocycles. The van der Waals surface area contributed by atoms with Crippen molar-refractivity contribution in [2.24, 2.45) is 5.10 Å². The van der Waals surface area contributed by atoms with Crippen molar-refractivity contribution in [3.8, 4) is 0 Å². The number of nitrogens with zero attached hydrogens (tertiary/aromatic N) is 2. The molecule has 0 saturated heterocycles. The zero-order valence-electron chi connectivity index (χ0n) is 17.0. The SMILES string of the molecule is Cc1ccc(C)c([C@H]2CC(c3cc4ccccc4oc3=O)=NN2c2ccccc2)c1. The monoisotopic (exact) mass is 394 g/mol. The molecule has 0 bridgehead atoms. The molecule has 1 atom stereocenters. The molecule has 0 saturated carbocycles. The Kier molecular flexibility index (Phi) is 4.47. The van der Waals surface area contributed by atoms with Crippen molar-refractivity contribution in [3.63, 3.8) is 0 Å². The first-order valence-electron chi connectivity index (χ1n) is 10.1. The van der Waals surface area contributed by atoms with Crippen molar-refractivity contribution in [2.45, 2.75) is 26.3 Å². The molecule has 1 aliphatic rings. The van der Waals surface area contributed by atoms with Gasteiger partial charge in [-0.2, -0.15) is 5.10 Å². The Bertz CT molecular complexity index is 1320. The molecule has 0 radical (unpaired) electrons. The summed E-state index contributed by atoms with van der Waals surface area (Å²) in [5, 5.41) is 7.85. The Morgan fingerprint density at radius 1 is 0.933 bits per heavy atom. The topological polar surface area (TPSA) is 45.8 Å². The van der Waals surface area contributed by atoms with Crippen LogP contribution in [0.25, 0.3) is 11.0 Å². The zero-order chi connectivity index (χ0) is 20.7. The van der Waals surface area contributed by atoms with Crippen LogP contribution in [0.2, 0.25) is 0 Å². The molecule has 1 aliphatic heterocycles. The van der Waals surface area contributed by atoms with Crippen molar-refractivity contribution in [3.05, 3.63) is 112 Å². The average molecular weight is 394 g/mol. The second-order valence-corrected chi connectivity index (χ2v) is 7.79. The molecule has 30 heavy (non-hydrogen) atoms. The van der Waals surface area contributed by atoms with E-state index in [-0.39, 0.29) is 11.7 Å². The van der Waals surface area contributed by atoms with Gasteiger partial charge >= 0.3 is 5.63 Å². The minimum absolute atomic E-state index is 0.0215. The summed E-state index contributed by atoms with van der Waals surface area (Å²) in [4.78, 5) is 12.8. The van der Waals surface area contributed by atoms with Crippen LogP contribution in [0.15, 0.2) is 93.2 Å². The van der Waals surface area contributed by atoms with Crippen molar-refractivity contribution >= 4 is 22.4 Å². The lowest BCUT2D eigenvalue weighted by molar-refractivity contribution is 0.559. The minimum Gasteiger partial charge on any atom is -0.422 e. The number of rotatable bonds is 3. The molecule has 5 rings (SSSR count). The summed E-state index contributed by atoms with van der Waals surface area (Å²) in [6, 6.07) is 26.1. The highest BCUT2D eigenvalue weighted by molar-refractivity contribution is 6.04. The van der Waals surface area contributed by atoms with Crippen molar-refractivity contribution < 1.29 is 4.42 Å². The Labute approximate surface area is 175 Å². The van der Waals surface area contributed by atoms with Gasteiger partial charge in [-0.1, -0.05) is 60.2 Å². The predicted molar refractivity (Wildman–Crippen MR) is 121 cm³/mol. The third-order valence-electron chi connectivity index (χ3n) is 5.68. The quantitative estimate of drug-likeness (QED) is 0.415. The van der Waals surface area contributed by atoms with Crippen molar-refractivity contribution in [1.82, 2.24) is 0 Å². The maximum atomic E-state index is 12.8. The van der Waals surface area contributed by atoms with E-state index in [0.717, 1.165) is 16.8 Å². The van der Waals surface area contributed by atoms with Gasteiger partial charge in [0.25, 0.3) is 0 Å². The van der Waals surface area contributed by atoms with Crippen molar-refractivity contribution in [2.75, 3.05) is 5.01 Å². The molecular formula is C26H22N2O2. The molecule has 0 spiro atoms. The summed E-state index contributed by atoms with van der Waals surface area (Å²) in [5.74, 6) is 0. The molecule has 2 heterocycles. The molecule has 0 amide bonds. The molecule has 3 aromatic carbocycles. The van der Waals surface area contributed by atoms with E-state index < -0.39 is 0 Å². The van der Waals surface area contributed by atoms with E-state index in [1.807, 2.05) is 65.7 Å². The highest BCUT2D eigenvalue weighted by Crippen LogP contribution is 2.38. The Hall–Kier alpha value is -3.66. The zero-order valence-corrected chi connectivity index (χ0v) is 17.0. The number of anilines is 1. The lowest BCUT2D eigenvalue weighted by atomic mass is 9.94. The molecule has 4 heteroatoms. The van der Waals surface area contributed by atoms with Gasteiger partial charge in [-0.15, -0.1) is 0 Å². The van der Waals surface area contributed by atoms with Gasteiger partial charge in [-0.25, -0.2) is 4.79 Å². The van der Waals surface area contributed by atoms with Gasteiger partial charge in [0, 0.05) is 11.8 Å². The van der Waals surface area contributed by atoms with Crippen LogP contribution < -0.4 is 10.6 Å². The standard InChI is InChI=1S/C26H22N2O2/c1-17-12-13-18(2)21(14-17)24-16-23(27-28(24)20-9-4-3-5-10-20)22-15-19-8-6-7-11-25(19)30-26(22)29/h3-15,24H,16H2,1-2H3/t24-/m1/s1. The maximum Gasteiger partial charge on any atom is 0.345 e. The van der Waals surface area contributed by atoms with E-state index in [4.69, 9.17) is 9.52 Å². The van der Waals surface area contributed by atoms with Crippen LogP contribution in [0.4, 0.5) is 5.69 Å². The largest absolute Gasteiger partial charge is 0.422 e. The minimum atomic E-state index is -0.345. The van der Waals surface area contributed by atoms with Crippen LogP contribution in [0.1, 0.15) is 34.7 Å². The van der Waals surface area contributed by atoms with Gasteiger partial charge in [-0.05, 0) is 49.2 Å². The predicted octanol–water partition coefficient (Wildman–Crippen LogP) is 5.77. The third kappa shape index (κ3) is 3.20. The second kappa shape index (κ2) is 7.30. The third-order valence-corrected chi connectivity index (χ3v) is 5.68. The number of aryl methyl sites for hydroxylation is 2. The van der Waals surface area contributed by atoms with E-state index in [0.29, 0.717) is 17.6 Å². The lowest BCUT2D eigenvalue weighted by Gasteiger charge is -2.25. The van der Waals surface area contributed by atoms with Gasteiger partial charge in [0.15, 0.2) is 0 Å². The summed E-state index contributed by atoms with van der Waals surface area (Å²) in [7, 11) is 0. The normalized spacial score (nSPS) is 16.1. The van der Waals surface area contributed by atoms with Crippen LogP contribution in [-0.4, -0.2) is 5.71 Å². The van der Waals surface area contributed by atoms with Gasteiger partial charge in [0.05, 0.1) is 23.0 Å². The highest BCUT2D eigenvalue weighted by atomic mass is 16.4. The summed E-state index contributed by atoms with van der Waals surface area (Å²) in [6.07, 6.45) is 0.641. The first-order valence-corrected chi connectivity index (χ1v) is 10.1. The molecule has 0 fully saturated rings. The summed E-state index contributed by atoms with van der Waals surface area (Å²) in [6.45, 7) is 4.23. The lowest BCUT2D eigenvalue weighted by Crippen LogP contribution is -2.19. The highest BCUT2D eigenvalue weighted by Gasteiger charge is 2.32. The number of para-hydroxylation sites is 2. The average Bonchev–Trinajstić information content (AvgIpc) is 3.20. The first-order chi connectivity index (χ1) is 14.6. The molecule has 0 unspecified atom stereocenters. The maximum absolute atomic E-state index is 12.8. The smallest absolute Gasteiger partial charge is 0.345 e.